The Morgan fingerprint density at radius 3 is 2.53 bits per heavy atom. The van der Waals surface area contributed by atoms with Crippen molar-refractivity contribution in [3.63, 3.8) is 0 Å². The van der Waals surface area contributed by atoms with Gasteiger partial charge in [0.1, 0.15) is 11.2 Å². The number of hydrogen-bond acceptors (Lipinski definition) is 4. The van der Waals surface area contributed by atoms with Crippen molar-refractivity contribution in [3.8, 4) is 0 Å². The van der Waals surface area contributed by atoms with Crippen molar-refractivity contribution in [1.82, 2.24) is 0 Å². The number of hydrogen-bond donors (Lipinski definition) is 2. The Morgan fingerprint density at radius 2 is 2.16 bits per heavy atom. The molecule has 1 aliphatic rings. The average molecular weight is 287 g/mol. The fourth-order valence-corrected chi connectivity index (χ4v) is 4.71. The molecule has 1 aromatic carbocycles. The summed E-state index contributed by atoms with van der Waals surface area (Å²) in [5.41, 5.74) is 4.28. The molecule has 19 heavy (non-hydrogen) atoms. The largest absolute Gasteiger partial charge is 0.481 e. The van der Waals surface area contributed by atoms with Gasteiger partial charge in [0.15, 0.2) is 9.84 Å². The molecule has 1 aromatic rings. The third kappa shape index (κ3) is 2.02. The number of benzene rings is 1. The van der Waals surface area contributed by atoms with Crippen LogP contribution < -0.4 is 5.73 Å². The maximum Gasteiger partial charge on any atom is 0.312 e. The number of rotatable bonds is 4. The van der Waals surface area contributed by atoms with Gasteiger partial charge in [0.25, 0.3) is 0 Å². The van der Waals surface area contributed by atoms with Gasteiger partial charge in [-0.2, -0.15) is 0 Å². The van der Waals surface area contributed by atoms with E-state index in [0.29, 0.717) is 5.56 Å². The Balaban J connectivity index is 2.53. The topological polar surface area (TPSA) is 97.5 Å². The fourth-order valence-electron chi connectivity index (χ4n) is 2.79. The Kier molecular flexibility index (Phi) is 3.14. The minimum Gasteiger partial charge on any atom is -0.481 e. The van der Waals surface area contributed by atoms with Gasteiger partial charge in [-0.1, -0.05) is 12.1 Å². The normalized spacial score (nSPS) is 30.1. The third-order valence-electron chi connectivity index (χ3n) is 3.66. The van der Waals surface area contributed by atoms with E-state index in [0.717, 1.165) is 12.3 Å². The number of carbonyl (C=O) groups is 1. The Labute approximate surface area is 110 Å². The van der Waals surface area contributed by atoms with Crippen molar-refractivity contribution >= 4 is 15.8 Å². The van der Waals surface area contributed by atoms with E-state index in [-0.39, 0.29) is 6.54 Å². The van der Waals surface area contributed by atoms with Gasteiger partial charge in [0.2, 0.25) is 0 Å². The van der Waals surface area contributed by atoms with E-state index < -0.39 is 38.2 Å². The fraction of sp³-hybridized carbons (Fsp3) is 0.417. The van der Waals surface area contributed by atoms with Crippen molar-refractivity contribution < 1.29 is 22.7 Å². The average Bonchev–Trinajstić information content (AvgIpc) is 2.99. The molecule has 0 radical (unpaired) electrons. The molecule has 0 heterocycles. The van der Waals surface area contributed by atoms with E-state index >= 15 is 0 Å². The number of carboxylic acid groups (broad SMARTS) is 1. The van der Waals surface area contributed by atoms with Crippen molar-refractivity contribution in [2.45, 2.75) is 11.2 Å². The minimum absolute atomic E-state index is 0.304. The number of halogens is 1. The molecule has 0 spiro atoms. The van der Waals surface area contributed by atoms with Crippen LogP contribution in [0.3, 0.4) is 0 Å². The highest BCUT2D eigenvalue weighted by molar-refractivity contribution is 7.91. The van der Waals surface area contributed by atoms with Crippen LogP contribution in [0.2, 0.25) is 0 Å². The lowest BCUT2D eigenvalue weighted by Crippen LogP contribution is -2.31. The van der Waals surface area contributed by atoms with Crippen LogP contribution in [0.25, 0.3) is 0 Å². The second-order valence-corrected chi connectivity index (χ2v) is 7.00. The summed E-state index contributed by atoms with van der Waals surface area (Å²) in [7, 11) is -3.59. The summed E-state index contributed by atoms with van der Waals surface area (Å²) in [5, 5.41) is 8.19. The maximum absolute atomic E-state index is 13.2. The van der Waals surface area contributed by atoms with E-state index in [1.54, 1.807) is 0 Å². The summed E-state index contributed by atoms with van der Waals surface area (Å²) in [6, 6.07) is 5.31. The molecule has 1 saturated carbocycles. The first-order valence-corrected chi connectivity index (χ1v) is 7.58. The van der Waals surface area contributed by atoms with Gasteiger partial charge in [-0.05, 0) is 17.7 Å². The quantitative estimate of drug-likeness (QED) is 0.833. The van der Waals surface area contributed by atoms with Crippen LogP contribution in [0.15, 0.2) is 24.3 Å². The first-order valence-electron chi connectivity index (χ1n) is 5.63. The molecular formula is C12H14FNO4S. The monoisotopic (exact) mass is 287 g/mol. The third-order valence-corrected chi connectivity index (χ3v) is 5.28. The standard InChI is InChI=1S/C12H14FNO4S/c1-19(17,18)10-9(12(10,6-14)11(15)16)7-3-2-4-8(13)5-7/h2-5,9-10H,6,14H2,1H3,(H,15,16)/t9-,10-,12+/m0/s1. The van der Waals surface area contributed by atoms with Gasteiger partial charge in [-0.25, -0.2) is 12.8 Å². The second-order valence-electron chi connectivity index (χ2n) is 4.83. The summed E-state index contributed by atoms with van der Waals surface area (Å²) >= 11 is 0. The molecule has 0 amide bonds. The van der Waals surface area contributed by atoms with Crippen LogP contribution in [0.5, 0.6) is 0 Å². The first-order chi connectivity index (χ1) is 8.75. The summed E-state index contributed by atoms with van der Waals surface area (Å²) in [6.07, 6.45) is 0.977. The summed E-state index contributed by atoms with van der Waals surface area (Å²) in [5.74, 6) is -2.60. The van der Waals surface area contributed by atoms with Crippen LogP contribution in [-0.4, -0.2) is 37.5 Å². The van der Waals surface area contributed by atoms with Crippen LogP contribution in [0.1, 0.15) is 11.5 Å². The molecule has 2 rings (SSSR count). The summed E-state index contributed by atoms with van der Waals surface area (Å²) in [4.78, 5) is 11.4. The molecule has 0 aromatic heterocycles. The zero-order valence-corrected chi connectivity index (χ0v) is 11.0. The van der Waals surface area contributed by atoms with Crippen molar-refractivity contribution in [2.24, 2.45) is 11.1 Å². The molecular weight excluding hydrogens is 273 g/mol. The van der Waals surface area contributed by atoms with Gasteiger partial charge < -0.3 is 10.8 Å². The van der Waals surface area contributed by atoms with E-state index in [1.165, 1.54) is 18.2 Å². The maximum atomic E-state index is 13.2. The Hall–Kier alpha value is -1.47. The number of sulfone groups is 1. The SMILES string of the molecule is CS(=O)(=O)[C@H]1[C@H](c2cccc(F)c2)[C@@]1(CN)C(=O)O. The first kappa shape index (κ1) is 14.0. The zero-order chi connectivity index (χ0) is 14.4. The second kappa shape index (κ2) is 4.28. The Morgan fingerprint density at radius 1 is 1.53 bits per heavy atom. The molecule has 0 saturated heterocycles. The summed E-state index contributed by atoms with van der Waals surface area (Å²) in [6.45, 7) is -0.304. The van der Waals surface area contributed by atoms with E-state index in [9.17, 15) is 22.7 Å². The molecule has 0 aliphatic heterocycles. The van der Waals surface area contributed by atoms with Crippen molar-refractivity contribution in [2.75, 3.05) is 12.8 Å². The number of carboxylic acids is 1. The molecule has 104 valence electrons. The van der Waals surface area contributed by atoms with Crippen LogP contribution in [-0.2, 0) is 14.6 Å². The van der Waals surface area contributed by atoms with Gasteiger partial charge in [0.05, 0.1) is 5.25 Å². The van der Waals surface area contributed by atoms with Crippen LogP contribution >= 0.6 is 0 Å². The van der Waals surface area contributed by atoms with Gasteiger partial charge in [-0.15, -0.1) is 0 Å². The van der Waals surface area contributed by atoms with E-state index in [2.05, 4.69) is 0 Å². The lowest BCUT2D eigenvalue weighted by atomic mass is 9.99. The number of aliphatic carboxylic acids is 1. The highest BCUT2D eigenvalue weighted by Crippen LogP contribution is 2.62. The molecule has 0 bridgehead atoms. The molecule has 1 fully saturated rings. The highest BCUT2D eigenvalue weighted by Gasteiger charge is 2.74. The molecule has 5 nitrogen and oxygen atoms in total. The number of nitrogens with two attached hydrogens (primary N) is 1. The van der Waals surface area contributed by atoms with Crippen molar-refractivity contribution in [3.05, 3.63) is 35.6 Å². The van der Waals surface area contributed by atoms with E-state index in [1.807, 2.05) is 0 Å². The van der Waals surface area contributed by atoms with Gasteiger partial charge in [-0.3, -0.25) is 4.79 Å². The zero-order valence-electron chi connectivity index (χ0n) is 10.2. The molecule has 7 heteroatoms. The minimum atomic E-state index is -3.59. The van der Waals surface area contributed by atoms with E-state index in [4.69, 9.17) is 5.73 Å². The van der Waals surface area contributed by atoms with Crippen LogP contribution in [0, 0.1) is 11.2 Å². The summed E-state index contributed by atoms with van der Waals surface area (Å²) < 4.78 is 36.7. The van der Waals surface area contributed by atoms with Crippen molar-refractivity contribution in [1.29, 1.82) is 0 Å². The molecule has 3 N–H and O–H groups in total. The van der Waals surface area contributed by atoms with Gasteiger partial charge in [0, 0.05) is 18.7 Å². The molecule has 0 unspecified atom stereocenters. The molecule has 1 aliphatic carbocycles. The van der Waals surface area contributed by atoms with Gasteiger partial charge >= 0.3 is 5.97 Å². The highest BCUT2D eigenvalue weighted by atomic mass is 32.2. The lowest BCUT2D eigenvalue weighted by molar-refractivity contribution is -0.143. The predicted octanol–water partition coefficient (Wildman–Crippen LogP) is 0.366. The lowest BCUT2D eigenvalue weighted by Gasteiger charge is -2.09. The smallest absolute Gasteiger partial charge is 0.312 e. The Bertz CT molecular complexity index is 630. The molecule has 3 atom stereocenters. The van der Waals surface area contributed by atoms with Crippen LogP contribution in [0.4, 0.5) is 4.39 Å². The predicted molar refractivity (Wildman–Crippen MR) is 66.9 cm³/mol.